The quantitative estimate of drug-likeness (QED) is 0.277. The van der Waals surface area contributed by atoms with Crippen LogP contribution in [0.3, 0.4) is 0 Å². The number of sulfonamides is 1. The summed E-state index contributed by atoms with van der Waals surface area (Å²) in [6.45, 7) is 1.53. The second-order valence-corrected chi connectivity index (χ2v) is 10.0. The lowest BCUT2D eigenvalue weighted by Gasteiger charge is -2.19. The fourth-order valence-corrected chi connectivity index (χ4v) is 4.55. The summed E-state index contributed by atoms with van der Waals surface area (Å²) in [4.78, 5) is 26.7. The molecule has 0 saturated carbocycles. The number of carbonyl (C=O) groups is 2. The van der Waals surface area contributed by atoms with Crippen molar-refractivity contribution in [3.63, 3.8) is 0 Å². The number of thioether (sulfide) groups is 1. The number of esters is 1. The zero-order valence-corrected chi connectivity index (χ0v) is 19.2. The summed E-state index contributed by atoms with van der Waals surface area (Å²) < 4.78 is 30.5. The lowest BCUT2D eigenvalue weighted by molar-refractivity contribution is -0.145. The minimum Gasteiger partial charge on any atom is -0.453 e. The van der Waals surface area contributed by atoms with E-state index < -0.39 is 27.3 Å². The molecular formula is C24H23NO5S2. The molecule has 8 heteroatoms. The van der Waals surface area contributed by atoms with Crippen LogP contribution in [0.2, 0.25) is 0 Å². The molecule has 0 saturated heterocycles. The fraction of sp³-hybridized carbons (Fsp3) is 0.167. The molecule has 1 N–H and O–H groups in total. The first-order valence-corrected chi connectivity index (χ1v) is 12.6. The molecule has 0 radical (unpaired) electrons. The zero-order chi connectivity index (χ0) is 23.1. The van der Waals surface area contributed by atoms with E-state index >= 15 is 0 Å². The van der Waals surface area contributed by atoms with Crippen molar-refractivity contribution in [1.82, 2.24) is 0 Å². The maximum atomic E-state index is 13.0. The van der Waals surface area contributed by atoms with Gasteiger partial charge in [0.05, 0.1) is 6.26 Å². The van der Waals surface area contributed by atoms with Gasteiger partial charge in [-0.1, -0.05) is 48.5 Å². The highest BCUT2D eigenvalue weighted by Gasteiger charge is 2.28. The molecular weight excluding hydrogens is 446 g/mol. The number of benzene rings is 3. The van der Waals surface area contributed by atoms with E-state index in [-0.39, 0.29) is 5.78 Å². The van der Waals surface area contributed by atoms with Gasteiger partial charge >= 0.3 is 5.97 Å². The maximum Gasteiger partial charge on any atom is 0.324 e. The summed E-state index contributed by atoms with van der Waals surface area (Å²) in [6.07, 6.45) is 0.0447. The molecule has 166 valence electrons. The van der Waals surface area contributed by atoms with Crippen LogP contribution in [0.25, 0.3) is 0 Å². The molecule has 0 fully saturated rings. The molecule has 0 amide bonds. The van der Waals surface area contributed by atoms with Crippen LogP contribution < -0.4 is 4.72 Å². The highest BCUT2D eigenvalue weighted by atomic mass is 32.2. The number of anilines is 1. The van der Waals surface area contributed by atoms with E-state index in [9.17, 15) is 18.0 Å². The van der Waals surface area contributed by atoms with Crippen LogP contribution in [0.1, 0.15) is 28.1 Å². The third-order valence-corrected chi connectivity index (χ3v) is 6.30. The molecule has 0 spiro atoms. The molecule has 32 heavy (non-hydrogen) atoms. The van der Waals surface area contributed by atoms with E-state index in [2.05, 4.69) is 4.72 Å². The van der Waals surface area contributed by atoms with Crippen LogP contribution in [-0.2, 0) is 19.6 Å². The highest BCUT2D eigenvalue weighted by molar-refractivity contribution is 8.00. The van der Waals surface area contributed by atoms with Crippen molar-refractivity contribution in [2.24, 2.45) is 0 Å². The average molecular weight is 470 g/mol. The van der Waals surface area contributed by atoms with Crippen LogP contribution in [0.4, 0.5) is 5.69 Å². The average Bonchev–Trinajstić information content (AvgIpc) is 2.77. The Labute approximate surface area is 192 Å². The maximum absolute atomic E-state index is 13.0. The number of ketones is 1. The van der Waals surface area contributed by atoms with E-state index in [1.54, 1.807) is 0 Å². The van der Waals surface area contributed by atoms with Gasteiger partial charge in [0.15, 0.2) is 6.10 Å². The van der Waals surface area contributed by atoms with Crippen molar-refractivity contribution >= 4 is 39.2 Å². The lowest BCUT2D eigenvalue weighted by Crippen LogP contribution is -2.26. The third-order valence-electron chi connectivity index (χ3n) is 4.45. The summed E-state index contributed by atoms with van der Waals surface area (Å²) in [5.41, 5.74) is 1.44. The molecule has 6 nitrogen and oxygen atoms in total. The smallest absolute Gasteiger partial charge is 0.324 e. The number of carbonyl (C=O) groups excluding carboxylic acids is 2. The standard InChI is InChI=1S/C24H23NO5S2/c1-17(22(26)18-13-15-20(16-14-18)25-32(2,28)29)30-24(27)23(19-9-5-3-6-10-19)31-21-11-7-4-8-12-21/h3-17,23,25H,1-2H3. The van der Waals surface area contributed by atoms with E-state index in [4.69, 9.17) is 4.74 Å². The van der Waals surface area contributed by atoms with E-state index in [1.807, 2.05) is 60.7 Å². The third kappa shape index (κ3) is 6.70. The van der Waals surface area contributed by atoms with Gasteiger partial charge in [0, 0.05) is 16.1 Å². The predicted octanol–water partition coefficient (Wildman–Crippen LogP) is 4.71. The Morgan fingerprint density at radius 3 is 2.00 bits per heavy atom. The van der Waals surface area contributed by atoms with Crippen LogP contribution in [-0.4, -0.2) is 32.5 Å². The fourth-order valence-electron chi connectivity index (χ4n) is 2.96. The predicted molar refractivity (Wildman–Crippen MR) is 126 cm³/mol. The number of rotatable bonds is 9. The first-order chi connectivity index (χ1) is 15.2. The summed E-state index contributed by atoms with van der Waals surface area (Å²) in [6, 6.07) is 24.7. The summed E-state index contributed by atoms with van der Waals surface area (Å²) in [5, 5.41) is -0.629. The van der Waals surface area contributed by atoms with Crippen molar-refractivity contribution in [1.29, 1.82) is 0 Å². The van der Waals surface area contributed by atoms with Gasteiger partial charge in [0.1, 0.15) is 5.25 Å². The van der Waals surface area contributed by atoms with Gasteiger partial charge in [-0.15, -0.1) is 11.8 Å². The largest absolute Gasteiger partial charge is 0.453 e. The van der Waals surface area contributed by atoms with Gasteiger partial charge in [0.2, 0.25) is 15.8 Å². The zero-order valence-electron chi connectivity index (χ0n) is 17.6. The van der Waals surface area contributed by atoms with Crippen LogP contribution in [0, 0.1) is 0 Å². The molecule has 0 heterocycles. The summed E-state index contributed by atoms with van der Waals surface area (Å²) in [5.74, 6) is -0.887. The Kier molecular flexibility index (Phi) is 7.71. The monoisotopic (exact) mass is 469 g/mol. The van der Waals surface area contributed by atoms with Crippen molar-refractivity contribution < 1.29 is 22.7 Å². The molecule has 2 atom stereocenters. The first-order valence-electron chi connectivity index (χ1n) is 9.82. The molecule has 0 aliphatic heterocycles. The van der Waals surface area contributed by atoms with Crippen LogP contribution >= 0.6 is 11.8 Å². The van der Waals surface area contributed by atoms with Crippen molar-refractivity contribution in [3.05, 3.63) is 96.1 Å². The van der Waals surface area contributed by atoms with Crippen LogP contribution in [0.5, 0.6) is 0 Å². The molecule has 3 aromatic rings. The number of Topliss-reactive ketones (excluding diaryl/α,β-unsaturated/α-hetero) is 1. The van der Waals surface area contributed by atoms with E-state index in [1.165, 1.54) is 43.0 Å². The molecule has 2 unspecified atom stereocenters. The van der Waals surface area contributed by atoms with E-state index in [0.717, 1.165) is 16.7 Å². The van der Waals surface area contributed by atoms with Crippen LogP contribution in [0.15, 0.2) is 89.8 Å². The SMILES string of the molecule is CC(OC(=O)C(Sc1ccccc1)c1ccccc1)C(=O)c1ccc(NS(C)(=O)=O)cc1. The summed E-state index contributed by atoms with van der Waals surface area (Å²) >= 11 is 1.36. The molecule has 0 aliphatic carbocycles. The highest BCUT2D eigenvalue weighted by Crippen LogP contribution is 2.36. The van der Waals surface area contributed by atoms with Gasteiger partial charge < -0.3 is 4.74 Å². The summed E-state index contributed by atoms with van der Waals surface area (Å²) in [7, 11) is -3.41. The van der Waals surface area contributed by atoms with Gasteiger partial charge in [-0.2, -0.15) is 0 Å². The van der Waals surface area contributed by atoms with Crippen molar-refractivity contribution in [3.8, 4) is 0 Å². The Morgan fingerprint density at radius 1 is 0.875 bits per heavy atom. The Hall–Kier alpha value is -3.10. The van der Waals surface area contributed by atoms with Gasteiger partial charge in [-0.05, 0) is 48.9 Å². The number of ether oxygens (including phenoxy) is 1. The second-order valence-electron chi connectivity index (χ2n) is 7.12. The molecule has 0 bridgehead atoms. The second kappa shape index (κ2) is 10.5. The van der Waals surface area contributed by atoms with Gasteiger partial charge in [-0.25, -0.2) is 8.42 Å². The Morgan fingerprint density at radius 2 is 1.44 bits per heavy atom. The molecule has 0 aromatic heterocycles. The Bertz CT molecular complexity index is 1160. The molecule has 0 aliphatic rings. The first kappa shape index (κ1) is 23.6. The van der Waals surface area contributed by atoms with Crippen molar-refractivity contribution in [2.45, 2.75) is 23.2 Å². The number of nitrogens with one attached hydrogen (secondary N) is 1. The number of hydrogen-bond acceptors (Lipinski definition) is 6. The van der Waals surface area contributed by atoms with Crippen molar-refractivity contribution in [2.75, 3.05) is 11.0 Å². The van der Waals surface area contributed by atoms with E-state index in [0.29, 0.717) is 11.3 Å². The van der Waals surface area contributed by atoms with Gasteiger partial charge in [-0.3, -0.25) is 14.3 Å². The Balaban J connectivity index is 1.73. The minimum atomic E-state index is -3.41. The van der Waals surface area contributed by atoms with Gasteiger partial charge in [0.25, 0.3) is 0 Å². The topological polar surface area (TPSA) is 89.5 Å². The number of hydrogen-bond donors (Lipinski definition) is 1. The minimum absolute atomic E-state index is 0.316. The normalized spacial score (nSPS) is 13.1. The molecule has 3 aromatic carbocycles. The molecule has 3 rings (SSSR count). The lowest BCUT2D eigenvalue weighted by atomic mass is 10.1.